The van der Waals surface area contributed by atoms with E-state index < -0.39 is 11.7 Å². The summed E-state index contributed by atoms with van der Waals surface area (Å²) in [6.45, 7) is 2.33. The van der Waals surface area contributed by atoms with Crippen molar-refractivity contribution in [3.05, 3.63) is 29.6 Å². The molecule has 0 amide bonds. The van der Waals surface area contributed by atoms with Crippen LogP contribution in [-0.2, 0) is 6.18 Å². The van der Waals surface area contributed by atoms with E-state index in [1.165, 1.54) is 12.3 Å². The Balaban J connectivity index is 2.26. The minimum absolute atomic E-state index is 0.0430. The summed E-state index contributed by atoms with van der Waals surface area (Å²) in [7, 11) is 1.91. The molecule has 2 heterocycles. The molecule has 1 unspecified atom stereocenters. The summed E-state index contributed by atoms with van der Waals surface area (Å²) in [6, 6.07) is 1.14. The number of alkyl halides is 3. The number of piperazine rings is 1. The van der Waals surface area contributed by atoms with Crippen LogP contribution in [0.5, 0.6) is 0 Å². The molecule has 1 aliphatic heterocycles. The summed E-state index contributed by atoms with van der Waals surface area (Å²) in [4.78, 5) is 5.72. The molecule has 1 aliphatic rings. The van der Waals surface area contributed by atoms with Crippen LogP contribution in [0.3, 0.4) is 0 Å². The molecule has 1 fully saturated rings. The average Bonchev–Trinajstić information content (AvgIpc) is 2.29. The Morgan fingerprint density at radius 3 is 2.82 bits per heavy atom. The third kappa shape index (κ3) is 2.76. The first-order valence-electron chi connectivity index (χ1n) is 5.41. The van der Waals surface area contributed by atoms with E-state index in [-0.39, 0.29) is 6.04 Å². The van der Waals surface area contributed by atoms with Crippen LogP contribution in [0.4, 0.5) is 13.2 Å². The molecular formula is C11H14F3N3. The second-order valence-corrected chi connectivity index (χ2v) is 4.21. The van der Waals surface area contributed by atoms with Crippen molar-refractivity contribution in [1.82, 2.24) is 15.2 Å². The second kappa shape index (κ2) is 4.62. The highest BCUT2D eigenvalue weighted by atomic mass is 19.4. The highest BCUT2D eigenvalue weighted by Crippen LogP contribution is 2.31. The van der Waals surface area contributed by atoms with E-state index in [1.807, 2.05) is 11.9 Å². The minimum Gasteiger partial charge on any atom is -0.314 e. The van der Waals surface area contributed by atoms with Gasteiger partial charge in [-0.2, -0.15) is 13.2 Å². The monoisotopic (exact) mass is 245 g/mol. The average molecular weight is 245 g/mol. The fraction of sp³-hybridized carbons (Fsp3) is 0.545. The molecule has 0 spiro atoms. The van der Waals surface area contributed by atoms with E-state index in [0.29, 0.717) is 12.1 Å². The van der Waals surface area contributed by atoms with Gasteiger partial charge in [-0.1, -0.05) is 0 Å². The molecule has 1 aromatic heterocycles. The van der Waals surface area contributed by atoms with Crippen molar-refractivity contribution in [2.45, 2.75) is 12.2 Å². The molecule has 1 saturated heterocycles. The van der Waals surface area contributed by atoms with Crippen LogP contribution in [0.1, 0.15) is 17.2 Å². The lowest BCUT2D eigenvalue weighted by Crippen LogP contribution is -2.43. The van der Waals surface area contributed by atoms with E-state index in [2.05, 4.69) is 10.3 Å². The molecule has 0 saturated carbocycles. The van der Waals surface area contributed by atoms with Crippen LogP contribution in [0.15, 0.2) is 18.5 Å². The van der Waals surface area contributed by atoms with Gasteiger partial charge >= 0.3 is 6.18 Å². The van der Waals surface area contributed by atoms with Crippen molar-refractivity contribution in [1.29, 1.82) is 0 Å². The standard InChI is InChI=1S/C11H14F3N3/c1-17-3-2-15-7-10(17)8-4-9(6-16-5-8)11(12,13)14/h4-6,10,15H,2-3,7H2,1H3. The summed E-state index contributed by atoms with van der Waals surface area (Å²) < 4.78 is 37.7. The largest absolute Gasteiger partial charge is 0.417 e. The number of nitrogens with zero attached hydrogens (tertiary/aromatic N) is 2. The maximum atomic E-state index is 12.6. The molecule has 0 aromatic carbocycles. The number of rotatable bonds is 1. The van der Waals surface area contributed by atoms with Gasteiger partial charge < -0.3 is 5.32 Å². The summed E-state index contributed by atoms with van der Waals surface area (Å²) in [5.41, 5.74) is -0.0801. The maximum absolute atomic E-state index is 12.6. The molecule has 94 valence electrons. The third-order valence-corrected chi connectivity index (χ3v) is 2.98. The Hall–Kier alpha value is -1.14. The number of nitrogens with one attached hydrogen (secondary N) is 1. The number of halogens is 3. The summed E-state index contributed by atoms with van der Waals surface area (Å²) in [5.74, 6) is 0. The van der Waals surface area contributed by atoms with Gasteiger partial charge in [-0.05, 0) is 18.7 Å². The van der Waals surface area contributed by atoms with E-state index in [4.69, 9.17) is 0 Å². The summed E-state index contributed by atoms with van der Waals surface area (Å²) >= 11 is 0. The van der Waals surface area contributed by atoms with E-state index in [0.717, 1.165) is 19.3 Å². The number of hydrogen-bond acceptors (Lipinski definition) is 3. The fourth-order valence-electron chi connectivity index (χ4n) is 1.97. The molecule has 17 heavy (non-hydrogen) atoms. The molecule has 0 radical (unpaired) electrons. The lowest BCUT2D eigenvalue weighted by molar-refractivity contribution is -0.137. The van der Waals surface area contributed by atoms with Crippen molar-refractivity contribution in [2.75, 3.05) is 26.7 Å². The van der Waals surface area contributed by atoms with Crippen LogP contribution in [-0.4, -0.2) is 36.6 Å². The zero-order chi connectivity index (χ0) is 12.5. The van der Waals surface area contributed by atoms with Crippen molar-refractivity contribution in [2.24, 2.45) is 0 Å². The highest BCUT2D eigenvalue weighted by Gasteiger charge is 2.32. The Kier molecular flexibility index (Phi) is 3.35. The van der Waals surface area contributed by atoms with Crippen LogP contribution < -0.4 is 5.32 Å². The van der Waals surface area contributed by atoms with Gasteiger partial charge in [0, 0.05) is 38.1 Å². The number of hydrogen-bond donors (Lipinski definition) is 1. The minimum atomic E-state index is -4.33. The van der Waals surface area contributed by atoms with Gasteiger partial charge in [-0.15, -0.1) is 0 Å². The van der Waals surface area contributed by atoms with Crippen molar-refractivity contribution >= 4 is 0 Å². The SMILES string of the molecule is CN1CCNCC1c1cncc(C(F)(F)F)c1. The van der Waals surface area contributed by atoms with Crippen LogP contribution in [0.2, 0.25) is 0 Å². The molecular weight excluding hydrogens is 231 g/mol. The Bertz CT molecular complexity index is 392. The van der Waals surface area contributed by atoms with E-state index in [1.54, 1.807) is 0 Å². The van der Waals surface area contributed by atoms with E-state index in [9.17, 15) is 13.2 Å². The molecule has 0 aliphatic carbocycles. The molecule has 1 N–H and O–H groups in total. The molecule has 1 atom stereocenters. The van der Waals surface area contributed by atoms with Crippen LogP contribution in [0, 0.1) is 0 Å². The van der Waals surface area contributed by atoms with Gasteiger partial charge in [0.2, 0.25) is 0 Å². The van der Waals surface area contributed by atoms with Gasteiger partial charge in [0.15, 0.2) is 0 Å². The van der Waals surface area contributed by atoms with Gasteiger partial charge in [-0.3, -0.25) is 9.88 Å². The Morgan fingerprint density at radius 1 is 1.41 bits per heavy atom. The zero-order valence-electron chi connectivity index (χ0n) is 9.46. The van der Waals surface area contributed by atoms with Crippen molar-refractivity contribution < 1.29 is 13.2 Å². The topological polar surface area (TPSA) is 28.2 Å². The third-order valence-electron chi connectivity index (χ3n) is 2.98. The second-order valence-electron chi connectivity index (χ2n) is 4.21. The molecule has 6 heteroatoms. The lowest BCUT2D eigenvalue weighted by Gasteiger charge is -2.33. The summed E-state index contributed by atoms with van der Waals surface area (Å²) in [5, 5.41) is 3.17. The van der Waals surface area contributed by atoms with Crippen LogP contribution in [0.25, 0.3) is 0 Å². The summed E-state index contributed by atoms with van der Waals surface area (Å²) in [6.07, 6.45) is -1.97. The van der Waals surface area contributed by atoms with Crippen molar-refractivity contribution in [3.63, 3.8) is 0 Å². The van der Waals surface area contributed by atoms with Crippen molar-refractivity contribution in [3.8, 4) is 0 Å². The van der Waals surface area contributed by atoms with E-state index >= 15 is 0 Å². The quantitative estimate of drug-likeness (QED) is 0.816. The Labute approximate surface area is 97.6 Å². The predicted molar refractivity (Wildman–Crippen MR) is 57.5 cm³/mol. The molecule has 1 aromatic rings. The zero-order valence-corrected chi connectivity index (χ0v) is 9.46. The number of aromatic nitrogens is 1. The molecule has 0 bridgehead atoms. The lowest BCUT2D eigenvalue weighted by atomic mass is 10.0. The Morgan fingerprint density at radius 2 is 2.18 bits per heavy atom. The number of likely N-dealkylation sites (N-methyl/N-ethyl adjacent to an activating group) is 1. The van der Waals surface area contributed by atoms with Crippen LogP contribution >= 0.6 is 0 Å². The predicted octanol–water partition coefficient (Wildman–Crippen LogP) is 1.68. The first-order chi connectivity index (χ1) is 7.98. The normalized spacial score (nSPS) is 22.7. The van der Waals surface area contributed by atoms with Gasteiger partial charge in [0.1, 0.15) is 0 Å². The first kappa shape index (κ1) is 12.3. The molecule has 2 rings (SSSR count). The molecule has 3 nitrogen and oxygen atoms in total. The van der Waals surface area contributed by atoms with Gasteiger partial charge in [-0.25, -0.2) is 0 Å². The maximum Gasteiger partial charge on any atom is 0.417 e. The van der Waals surface area contributed by atoms with Gasteiger partial charge in [0.25, 0.3) is 0 Å². The fourth-order valence-corrected chi connectivity index (χ4v) is 1.97. The first-order valence-corrected chi connectivity index (χ1v) is 5.41. The number of pyridine rings is 1. The highest BCUT2D eigenvalue weighted by molar-refractivity contribution is 5.24. The van der Waals surface area contributed by atoms with Gasteiger partial charge in [0.05, 0.1) is 5.56 Å². The smallest absolute Gasteiger partial charge is 0.314 e.